The number of anilines is 1. The predicted octanol–water partition coefficient (Wildman–Crippen LogP) is 2.61. The van der Waals surface area contributed by atoms with Crippen LogP contribution < -0.4 is 15.4 Å². The van der Waals surface area contributed by atoms with E-state index >= 15 is 0 Å². The Morgan fingerprint density at radius 1 is 1.17 bits per heavy atom. The summed E-state index contributed by atoms with van der Waals surface area (Å²) < 4.78 is 32.7. The first kappa shape index (κ1) is 32.6. The van der Waals surface area contributed by atoms with Crippen molar-refractivity contribution >= 4 is 50.7 Å². The SMILES string of the molecule is N#Cc1ccc(-c2csc(N[C@H]3CCCCC/C=C\[C@@H]4C[C@@]4(C(=O)NS(=O)(=O)C4CC4)NC(=O)[C@@H]4C[C@@H](OC=O)CN4C3=O)n2)cc1. The van der Waals surface area contributed by atoms with Crippen LogP contribution in [0.15, 0.2) is 41.8 Å². The minimum atomic E-state index is -3.85. The Morgan fingerprint density at radius 2 is 1.96 bits per heavy atom. The molecule has 1 aromatic heterocycles. The minimum absolute atomic E-state index is 0.0131. The summed E-state index contributed by atoms with van der Waals surface area (Å²) in [6, 6.07) is 7.33. The van der Waals surface area contributed by atoms with E-state index in [0.717, 1.165) is 31.2 Å². The molecular weight excluding hydrogens is 645 g/mol. The van der Waals surface area contributed by atoms with Crippen molar-refractivity contribution in [3.63, 3.8) is 0 Å². The van der Waals surface area contributed by atoms with Crippen LogP contribution in [-0.4, -0.2) is 78.0 Å². The molecule has 13 nitrogen and oxygen atoms in total. The summed E-state index contributed by atoms with van der Waals surface area (Å²) in [7, 11) is -3.85. The average Bonchev–Trinajstić information content (AvgIpc) is 3.94. The van der Waals surface area contributed by atoms with Crippen LogP contribution in [0.2, 0.25) is 0 Å². The highest BCUT2D eigenvalue weighted by Gasteiger charge is 2.62. The van der Waals surface area contributed by atoms with Crippen molar-refractivity contribution in [2.24, 2.45) is 5.92 Å². The van der Waals surface area contributed by atoms with Crippen LogP contribution in [0.25, 0.3) is 11.3 Å². The van der Waals surface area contributed by atoms with Gasteiger partial charge in [0.2, 0.25) is 21.8 Å². The molecule has 248 valence electrons. The Kier molecular flexibility index (Phi) is 9.34. The summed E-state index contributed by atoms with van der Waals surface area (Å²) in [5, 5.41) is 16.9. The molecule has 2 aromatic rings. The molecule has 1 aromatic carbocycles. The molecule has 6 rings (SSSR count). The Bertz CT molecular complexity index is 1720. The van der Waals surface area contributed by atoms with Crippen molar-refractivity contribution in [1.82, 2.24) is 19.9 Å². The molecule has 3 N–H and O–H groups in total. The topological polar surface area (TPSA) is 188 Å². The van der Waals surface area contributed by atoms with Gasteiger partial charge < -0.3 is 20.3 Å². The Balaban J connectivity index is 1.25. The Labute approximate surface area is 276 Å². The third-order valence-corrected chi connectivity index (χ3v) is 11.8. The lowest BCUT2D eigenvalue weighted by molar-refractivity contribution is -0.140. The molecule has 4 aliphatic rings. The highest BCUT2D eigenvalue weighted by Crippen LogP contribution is 2.46. The number of amides is 3. The molecule has 5 atom stereocenters. The van der Waals surface area contributed by atoms with E-state index in [2.05, 4.69) is 26.4 Å². The van der Waals surface area contributed by atoms with Gasteiger partial charge in [-0.15, -0.1) is 11.3 Å². The van der Waals surface area contributed by atoms with E-state index in [1.807, 2.05) is 17.5 Å². The van der Waals surface area contributed by atoms with Crippen LogP contribution in [0.1, 0.15) is 63.4 Å². The van der Waals surface area contributed by atoms with Crippen molar-refractivity contribution in [2.45, 2.75) is 86.8 Å². The fraction of sp³-hybridized carbons (Fsp3) is 0.500. The largest absolute Gasteiger partial charge is 0.463 e. The predicted molar refractivity (Wildman–Crippen MR) is 172 cm³/mol. The number of benzene rings is 1. The van der Waals surface area contributed by atoms with Crippen molar-refractivity contribution in [1.29, 1.82) is 5.26 Å². The molecule has 1 saturated heterocycles. The number of nitriles is 1. The van der Waals surface area contributed by atoms with Gasteiger partial charge in [-0.3, -0.25) is 23.9 Å². The van der Waals surface area contributed by atoms with Crippen LogP contribution in [0.3, 0.4) is 0 Å². The van der Waals surface area contributed by atoms with Gasteiger partial charge in [-0.2, -0.15) is 5.26 Å². The summed E-state index contributed by atoms with van der Waals surface area (Å²) in [4.78, 5) is 58.9. The lowest BCUT2D eigenvalue weighted by Crippen LogP contribution is -2.57. The highest BCUT2D eigenvalue weighted by molar-refractivity contribution is 7.91. The number of carbonyl (C=O) groups excluding carboxylic acids is 4. The van der Waals surface area contributed by atoms with Crippen molar-refractivity contribution in [3.05, 3.63) is 47.4 Å². The zero-order valence-corrected chi connectivity index (χ0v) is 27.2. The molecule has 0 bridgehead atoms. The van der Waals surface area contributed by atoms with Gasteiger partial charge in [-0.25, -0.2) is 13.4 Å². The number of sulfonamides is 1. The molecule has 3 heterocycles. The van der Waals surface area contributed by atoms with E-state index in [0.29, 0.717) is 35.7 Å². The maximum Gasteiger partial charge on any atom is 0.293 e. The van der Waals surface area contributed by atoms with Gasteiger partial charge in [-0.05, 0) is 50.7 Å². The second kappa shape index (κ2) is 13.4. The number of carbonyl (C=O) groups is 4. The molecule has 15 heteroatoms. The van der Waals surface area contributed by atoms with Gasteiger partial charge in [0.25, 0.3) is 12.4 Å². The van der Waals surface area contributed by atoms with Gasteiger partial charge in [0, 0.05) is 23.3 Å². The van der Waals surface area contributed by atoms with Crippen molar-refractivity contribution in [3.8, 4) is 17.3 Å². The number of rotatable bonds is 8. The normalized spacial score (nSPS) is 28.7. The third-order valence-electron chi connectivity index (χ3n) is 9.20. The molecule has 2 aliphatic heterocycles. The lowest BCUT2D eigenvalue weighted by Gasteiger charge is -2.29. The number of aromatic nitrogens is 1. The van der Waals surface area contributed by atoms with Crippen molar-refractivity contribution in [2.75, 3.05) is 11.9 Å². The van der Waals surface area contributed by atoms with Gasteiger partial charge in [0.05, 0.1) is 29.1 Å². The van der Waals surface area contributed by atoms with Gasteiger partial charge in [0.15, 0.2) is 5.13 Å². The second-order valence-electron chi connectivity index (χ2n) is 12.5. The molecular formula is C32H36N6O7S2. The van der Waals surface area contributed by atoms with Gasteiger partial charge >= 0.3 is 0 Å². The Morgan fingerprint density at radius 3 is 2.68 bits per heavy atom. The number of nitrogens with zero attached hydrogens (tertiary/aromatic N) is 3. The molecule has 47 heavy (non-hydrogen) atoms. The van der Waals surface area contributed by atoms with Gasteiger partial charge in [0.1, 0.15) is 23.7 Å². The number of hydrogen-bond donors (Lipinski definition) is 3. The molecule has 0 spiro atoms. The molecule has 2 aliphatic carbocycles. The van der Waals surface area contributed by atoms with E-state index in [1.165, 1.54) is 16.2 Å². The standard InChI is InChI=1S/C32H36N6O7S2/c33-16-20-8-10-21(11-9-20)26-18-46-31(35-26)34-25-7-5-3-1-2-4-6-22-15-32(22,30(42)37-47(43,44)24-12-13-24)36-28(40)27-14-23(45-19-39)17-38(27)29(25)41/h4,6,8-11,18-19,22-25,27H,1-3,5,7,12-15,17H2,(H,34,35)(H,36,40)(H,37,42)/b6-4-/t22-,23-,25+,27+,32-/m1/s1. The van der Waals surface area contributed by atoms with Crippen LogP contribution in [-0.2, 0) is 33.9 Å². The van der Waals surface area contributed by atoms with E-state index in [9.17, 15) is 27.6 Å². The van der Waals surface area contributed by atoms with E-state index in [1.54, 1.807) is 24.3 Å². The first-order valence-corrected chi connectivity index (χ1v) is 18.2. The van der Waals surface area contributed by atoms with Gasteiger partial charge in [-0.1, -0.05) is 37.1 Å². The number of fused-ring (bicyclic) bond motifs is 2. The van der Waals surface area contributed by atoms with Crippen LogP contribution in [0.4, 0.5) is 5.13 Å². The molecule has 0 radical (unpaired) electrons. The molecule has 3 fully saturated rings. The second-order valence-corrected chi connectivity index (χ2v) is 15.4. The monoisotopic (exact) mass is 680 g/mol. The molecule has 2 saturated carbocycles. The average molecular weight is 681 g/mol. The van der Waals surface area contributed by atoms with E-state index in [-0.39, 0.29) is 31.8 Å². The quantitative estimate of drug-likeness (QED) is 0.276. The fourth-order valence-corrected chi connectivity index (χ4v) is 8.41. The first-order chi connectivity index (χ1) is 22.6. The summed E-state index contributed by atoms with van der Waals surface area (Å²) in [5.74, 6) is -2.17. The van der Waals surface area contributed by atoms with Crippen LogP contribution in [0.5, 0.6) is 0 Å². The third kappa shape index (κ3) is 7.18. The highest BCUT2D eigenvalue weighted by atomic mass is 32.2. The Hall–Kier alpha value is -4.29. The summed E-state index contributed by atoms with van der Waals surface area (Å²) in [5.41, 5.74) is 0.574. The zero-order chi connectivity index (χ0) is 33.2. The first-order valence-electron chi connectivity index (χ1n) is 15.8. The number of hydrogen-bond acceptors (Lipinski definition) is 11. The lowest BCUT2D eigenvalue weighted by atomic mass is 10.1. The minimum Gasteiger partial charge on any atom is -0.463 e. The molecule has 0 unspecified atom stereocenters. The number of ether oxygens (including phenoxy) is 1. The smallest absolute Gasteiger partial charge is 0.293 e. The van der Waals surface area contributed by atoms with E-state index in [4.69, 9.17) is 10.00 Å². The maximum atomic E-state index is 14.2. The van der Waals surface area contributed by atoms with Crippen LogP contribution >= 0.6 is 11.3 Å². The summed E-state index contributed by atoms with van der Waals surface area (Å²) >= 11 is 1.33. The van der Waals surface area contributed by atoms with Crippen molar-refractivity contribution < 1.29 is 32.3 Å². The summed E-state index contributed by atoms with van der Waals surface area (Å²) in [6.07, 6.45) is 7.89. The maximum absolute atomic E-state index is 14.2. The number of allylic oxidation sites excluding steroid dienone is 1. The molecule has 3 amide bonds. The number of thiazole rings is 1. The fourth-order valence-electron chi connectivity index (χ4n) is 6.28. The zero-order valence-electron chi connectivity index (χ0n) is 25.6. The van der Waals surface area contributed by atoms with E-state index < -0.39 is 56.7 Å². The summed E-state index contributed by atoms with van der Waals surface area (Å²) in [6.45, 7) is 0.274. The number of nitrogens with one attached hydrogen (secondary N) is 3. The van der Waals surface area contributed by atoms with Crippen LogP contribution in [0, 0.1) is 17.2 Å².